The van der Waals surface area contributed by atoms with Gasteiger partial charge in [0.1, 0.15) is 0 Å². The van der Waals surface area contributed by atoms with Gasteiger partial charge in [0.05, 0.1) is 16.7 Å². The third-order valence-corrected chi connectivity index (χ3v) is 6.95. The highest BCUT2D eigenvalue weighted by Gasteiger charge is 2.30. The molecule has 0 heterocycles. The van der Waals surface area contributed by atoms with Crippen molar-refractivity contribution in [1.29, 1.82) is 0 Å². The first-order chi connectivity index (χ1) is 13.5. The molecule has 1 atom stereocenters. The van der Waals surface area contributed by atoms with Crippen molar-refractivity contribution in [2.45, 2.75) is 37.1 Å². The molecule has 0 spiro atoms. The molecule has 6 heteroatoms. The maximum atomic E-state index is 12.8. The van der Waals surface area contributed by atoms with Gasteiger partial charge in [0.15, 0.2) is 9.84 Å². The van der Waals surface area contributed by atoms with Gasteiger partial charge in [-0.25, -0.2) is 13.2 Å². The molecule has 28 heavy (non-hydrogen) atoms. The Morgan fingerprint density at radius 2 is 1.68 bits per heavy atom. The molecule has 0 radical (unpaired) electrons. The van der Waals surface area contributed by atoms with E-state index in [1.807, 2.05) is 42.2 Å². The van der Waals surface area contributed by atoms with Gasteiger partial charge in [-0.2, -0.15) is 0 Å². The van der Waals surface area contributed by atoms with Crippen LogP contribution in [-0.2, 0) is 9.84 Å². The lowest BCUT2D eigenvalue weighted by Gasteiger charge is -2.30. The Morgan fingerprint density at radius 3 is 2.29 bits per heavy atom. The van der Waals surface area contributed by atoms with Crippen molar-refractivity contribution in [3.8, 4) is 0 Å². The van der Waals surface area contributed by atoms with Crippen LogP contribution in [0.1, 0.15) is 37.8 Å². The van der Waals surface area contributed by atoms with Gasteiger partial charge in [-0.3, -0.25) is 0 Å². The highest BCUT2D eigenvalue weighted by atomic mass is 32.2. The summed E-state index contributed by atoms with van der Waals surface area (Å²) in [5, 5.41) is 2.91. The fraction of sp³-hybridized carbons (Fsp3) is 0.409. The number of urea groups is 1. The van der Waals surface area contributed by atoms with Crippen LogP contribution in [0.25, 0.3) is 0 Å². The lowest BCUT2D eigenvalue weighted by atomic mass is 10.1. The summed E-state index contributed by atoms with van der Waals surface area (Å²) < 4.78 is 24.7. The van der Waals surface area contributed by atoms with Crippen molar-refractivity contribution in [3.05, 3.63) is 66.2 Å². The molecule has 1 saturated carbocycles. The number of carbonyl (C=O) groups excluding carboxylic acids is 1. The molecular formula is C22H28N2O3S. The number of hydrogen-bond acceptors (Lipinski definition) is 3. The second-order valence-corrected chi connectivity index (χ2v) is 9.51. The van der Waals surface area contributed by atoms with E-state index in [1.165, 1.54) is 12.8 Å². The molecule has 1 fully saturated rings. The minimum Gasteiger partial charge on any atom is -0.338 e. The van der Waals surface area contributed by atoms with Crippen LogP contribution < -0.4 is 5.32 Å². The van der Waals surface area contributed by atoms with Crippen molar-refractivity contribution in [3.63, 3.8) is 0 Å². The molecule has 1 aliphatic carbocycles. The zero-order valence-corrected chi connectivity index (χ0v) is 17.1. The van der Waals surface area contributed by atoms with Gasteiger partial charge in [0, 0.05) is 13.1 Å². The Hall–Kier alpha value is -2.34. The zero-order valence-electron chi connectivity index (χ0n) is 16.3. The van der Waals surface area contributed by atoms with E-state index in [1.54, 1.807) is 30.3 Å². The predicted octanol–water partition coefficient (Wildman–Crippen LogP) is 4.03. The number of hydrogen-bond donors (Lipinski definition) is 1. The molecule has 0 aliphatic heterocycles. The third-order valence-electron chi connectivity index (χ3n) is 5.13. The quantitative estimate of drug-likeness (QED) is 0.646. The van der Waals surface area contributed by atoms with E-state index in [0.29, 0.717) is 23.8 Å². The summed E-state index contributed by atoms with van der Waals surface area (Å²) in [6, 6.07) is 18.3. The number of rotatable bonds is 9. The van der Waals surface area contributed by atoms with Gasteiger partial charge in [-0.15, -0.1) is 0 Å². The minimum absolute atomic E-state index is 0.0187. The molecule has 2 aromatic carbocycles. The van der Waals surface area contributed by atoms with Gasteiger partial charge in [0.25, 0.3) is 0 Å². The average molecular weight is 401 g/mol. The highest BCUT2D eigenvalue weighted by molar-refractivity contribution is 7.91. The van der Waals surface area contributed by atoms with Crippen molar-refractivity contribution in [2.24, 2.45) is 5.92 Å². The number of nitrogens with zero attached hydrogens (tertiary/aromatic N) is 1. The van der Waals surface area contributed by atoms with E-state index in [9.17, 15) is 13.2 Å². The Kier molecular flexibility index (Phi) is 6.73. The molecule has 1 N–H and O–H groups in total. The largest absolute Gasteiger partial charge is 0.338 e. The van der Waals surface area contributed by atoms with Crippen LogP contribution in [0, 0.1) is 5.92 Å². The van der Waals surface area contributed by atoms with Gasteiger partial charge in [0.2, 0.25) is 0 Å². The number of amides is 2. The first-order valence-corrected chi connectivity index (χ1v) is 11.5. The number of nitrogens with one attached hydrogen (secondary N) is 1. The van der Waals surface area contributed by atoms with Crippen molar-refractivity contribution in [2.75, 3.05) is 18.8 Å². The van der Waals surface area contributed by atoms with Gasteiger partial charge < -0.3 is 10.2 Å². The summed E-state index contributed by atoms with van der Waals surface area (Å²) in [5.74, 6) is 0.601. The topological polar surface area (TPSA) is 66.5 Å². The summed E-state index contributed by atoms with van der Waals surface area (Å²) in [4.78, 5) is 15.0. The van der Waals surface area contributed by atoms with Crippen LogP contribution in [0.2, 0.25) is 0 Å². The molecule has 5 nitrogen and oxygen atoms in total. The van der Waals surface area contributed by atoms with Crippen LogP contribution in [0.15, 0.2) is 65.6 Å². The van der Waals surface area contributed by atoms with Crippen molar-refractivity contribution < 1.29 is 13.2 Å². The molecule has 1 unspecified atom stereocenters. The lowest BCUT2D eigenvalue weighted by molar-refractivity contribution is 0.176. The van der Waals surface area contributed by atoms with Crippen molar-refractivity contribution in [1.82, 2.24) is 10.2 Å². The highest BCUT2D eigenvalue weighted by Crippen LogP contribution is 2.32. The van der Waals surface area contributed by atoms with E-state index >= 15 is 0 Å². The number of sulfone groups is 1. The molecule has 2 aromatic rings. The Bertz CT molecular complexity index is 865. The van der Waals surface area contributed by atoms with Gasteiger partial charge in [-0.05, 0) is 49.8 Å². The van der Waals surface area contributed by atoms with E-state index < -0.39 is 9.84 Å². The van der Waals surface area contributed by atoms with Crippen LogP contribution in [0.3, 0.4) is 0 Å². The molecule has 3 rings (SSSR count). The van der Waals surface area contributed by atoms with E-state index in [-0.39, 0.29) is 17.8 Å². The molecule has 0 bridgehead atoms. The van der Waals surface area contributed by atoms with Gasteiger partial charge in [-0.1, -0.05) is 48.5 Å². The van der Waals surface area contributed by atoms with Crippen LogP contribution in [0.5, 0.6) is 0 Å². The SMILES string of the molecule is CC(c1ccccc1)N(CC1CC1)C(=O)NCCCS(=O)(=O)c1ccccc1. The second kappa shape index (κ2) is 9.24. The zero-order chi connectivity index (χ0) is 20.0. The number of carbonyl (C=O) groups is 1. The minimum atomic E-state index is -3.31. The Morgan fingerprint density at radius 1 is 1.07 bits per heavy atom. The number of benzene rings is 2. The summed E-state index contributed by atoms with van der Waals surface area (Å²) in [5.41, 5.74) is 1.10. The normalized spacial score (nSPS) is 15.0. The molecule has 0 saturated heterocycles. The second-order valence-electron chi connectivity index (χ2n) is 7.40. The predicted molar refractivity (Wildman–Crippen MR) is 111 cm³/mol. The maximum absolute atomic E-state index is 12.8. The smallest absolute Gasteiger partial charge is 0.317 e. The van der Waals surface area contributed by atoms with Crippen LogP contribution in [-0.4, -0.2) is 38.2 Å². The fourth-order valence-corrected chi connectivity index (χ4v) is 4.54. The molecular weight excluding hydrogens is 372 g/mol. The molecule has 150 valence electrons. The maximum Gasteiger partial charge on any atom is 0.317 e. The molecule has 0 aromatic heterocycles. The monoisotopic (exact) mass is 400 g/mol. The molecule has 1 aliphatic rings. The standard InChI is InChI=1S/C22H28N2O3S/c1-18(20-9-4-2-5-10-20)24(17-19-13-14-19)22(25)23-15-8-16-28(26,27)21-11-6-3-7-12-21/h2-7,9-12,18-19H,8,13-17H2,1H3,(H,23,25). The first-order valence-electron chi connectivity index (χ1n) is 9.84. The lowest BCUT2D eigenvalue weighted by Crippen LogP contribution is -2.43. The summed E-state index contributed by atoms with van der Waals surface area (Å²) in [7, 11) is -3.31. The first kappa shape index (κ1) is 20.4. The molecule has 2 amide bonds. The van der Waals surface area contributed by atoms with E-state index in [4.69, 9.17) is 0 Å². The Labute approximate surface area is 167 Å². The van der Waals surface area contributed by atoms with Crippen molar-refractivity contribution >= 4 is 15.9 Å². The summed E-state index contributed by atoms with van der Waals surface area (Å²) >= 11 is 0. The van der Waals surface area contributed by atoms with Crippen LogP contribution >= 0.6 is 0 Å². The van der Waals surface area contributed by atoms with Gasteiger partial charge >= 0.3 is 6.03 Å². The average Bonchev–Trinajstić information content (AvgIpc) is 3.54. The Balaban J connectivity index is 1.54. The summed E-state index contributed by atoms with van der Waals surface area (Å²) in [6.45, 7) is 3.12. The van der Waals surface area contributed by atoms with E-state index in [0.717, 1.165) is 12.1 Å². The van der Waals surface area contributed by atoms with E-state index in [2.05, 4.69) is 5.32 Å². The summed E-state index contributed by atoms with van der Waals surface area (Å²) in [6.07, 6.45) is 2.72. The van der Waals surface area contributed by atoms with Crippen LogP contribution in [0.4, 0.5) is 4.79 Å². The fourth-order valence-electron chi connectivity index (χ4n) is 3.21. The third kappa shape index (κ3) is 5.58.